The summed E-state index contributed by atoms with van der Waals surface area (Å²) in [5, 5.41) is 9.08. The molecule has 1 saturated carbocycles. The average molecular weight is 249 g/mol. The molecule has 1 aromatic carbocycles. The standard InChI is InChI=1S/C14H16FNO2/c15-12-4-2-1-3-9(12)8-16-13(5-6-17)10-7-11(10)14(16)18/h1-4,10-11,13,17H,5-8H2/t10-,11+,13-/m1/s1. The molecule has 0 spiro atoms. The lowest BCUT2D eigenvalue weighted by Crippen LogP contribution is -2.37. The maximum absolute atomic E-state index is 13.6. The van der Waals surface area contributed by atoms with E-state index in [2.05, 4.69) is 0 Å². The van der Waals surface area contributed by atoms with E-state index in [1.54, 1.807) is 23.1 Å². The molecule has 1 aliphatic heterocycles. The van der Waals surface area contributed by atoms with Gasteiger partial charge in [-0.3, -0.25) is 4.79 Å². The SMILES string of the molecule is O=C1[C@H]2C[C@H]2[C@@H](CCO)N1Cc1ccccc1F. The third-order valence-electron chi connectivity index (χ3n) is 4.06. The Morgan fingerprint density at radius 2 is 2.17 bits per heavy atom. The monoisotopic (exact) mass is 249 g/mol. The number of hydrogen-bond acceptors (Lipinski definition) is 2. The Morgan fingerprint density at radius 1 is 1.39 bits per heavy atom. The van der Waals surface area contributed by atoms with Gasteiger partial charge in [0.25, 0.3) is 0 Å². The maximum atomic E-state index is 13.6. The predicted molar refractivity (Wildman–Crippen MR) is 64.0 cm³/mol. The van der Waals surface area contributed by atoms with E-state index in [1.807, 2.05) is 0 Å². The molecule has 1 amide bonds. The van der Waals surface area contributed by atoms with Crippen LogP contribution in [0.1, 0.15) is 18.4 Å². The fourth-order valence-electron chi connectivity index (χ4n) is 3.04. The number of benzene rings is 1. The molecule has 0 radical (unpaired) electrons. The molecular weight excluding hydrogens is 233 g/mol. The number of carbonyl (C=O) groups excluding carboxylic acids is 1. The van der Waals surface area contributed by atoms with Gasteiger partial charge in [-0.2, -0.15) is 0 Å². The van der Waals surface area contributed by atoms with Crippen LogP contribution in [0, 0.1) is 17.7 Å². The van der Waals surface area contributed by atoms with E-state index in [9.17, 15) is 9.18 Å². The lowest BCUT2D eigenvalue weighted by atomic mass is 10.1. The summed E-state index contributed by atoms with van der Waals surface area (Å²) in [5.74, 6) is 0.375. The molecule has 18 heavy (non-hydrogen) atoms. The van der Waals surface area contributed by atoms with Gasteiger partial charge >= 0.3 is 0 Å². The van der Waals surface area contributed by atoms with Gasteiger partial charge in [0.1, 0.15) is 5.82 Å². The zero-order chi connectivity index (χ0) is 12.7. The van der Waals surface area contributed by atoms with Gasteiger partial charge in [0.15, 0.2) is 0 Å². The number of amides is 1. The van der Waals surface area contributed by atoms with Gasteiger partial charge in [0, 0.05) is 30.7 Å². The van der Waals surface area contributed by atoms with Crippen molar-refractivity contribution in [3.8, 4) is 0 Å². The van der Waals surface area contributed by atoms with Crippen molar-refractivity contribution in [3.05, 3.63) is 35.6 Å². The molecule has 1 aromatic rings. The molecule has 0 unspecified atom stereocenters. The highest BCUT2D eigenvalue weighted by atomic mass is 19.1. The van der Waals surface area contributed by atoms with E-state index in [0.29, 0.717) is 24.4 Å². The Balaban J connectivity index is 1.79. The van der Waals surface area contributed by atoms with Gasteiger partial charge in [-0.25, -0.2) is 4.39 Å². The smallest absolute Gasteiger partial charge is 0.226 e. The minimum absolute atomic E-state index is 0.0783. The molecule has 1 N–H and O–H groups in total. The van der Waals surface area contributed by atoms with Crippen molar-refractivity contribution in [2.75, 3.05) is 6.61 Å². The normalized spacial score (nSPS) is 29.6. The Morgan fingerprint density at radius 3 is 2.89 bits per heavy atom. The van der Waals surface area contributed by atoms with E-state index in [-0.39, 0.29) is 30.3 Å². The Bertz CT molecular complexity index is 477. The zero-order valence-electron chi connectivity index (χ0n) is 10.1. The van der Waals surface area contributed by atoms with Gasteiger partial charge in [0.2, 0.25) is 5.91 Å². The van der Waals surface area contributed by atoms with Crippen LogP contribution in [-0.2, 0) is 11.3 Å². The second kappa shape index (κ2) is 4.35. The summed E-state index contributed by atoms with van der Waals surface area (Å²) in [6, 6.07) is 6.64. The summed E-state index contributed by atoms with van der Waals surface area (Å²) in [6.07, 6.45) is 1.54. The van der Waals surface area contributed by atoms with Crippen molar-refractivity contribution in [3.63, 3.8) is 0 Å². The van der Waals surface area contributed by atoms with Crippen molar-refractivity contribution >= 4 is 5.91 Å². The first-order valence-electron chi connectivity index (χ1n) is 6.37. The molecule has 0 bridgehead atoms. The van der Waals surface area contributed by atoms with E-state index < -0.39 is 0 Å². The van der Waals surface area contributed by atoms with Crippen molar-refractivity contribution in [1.29, 1.82) is 0 Å². The minimum atomic E-state index is -0.270. The summed E-state index contributed by atoms with van der Waals surface area (Å²) in [4.78, 5) is 13.8. The van der Waals surface area contributed by atoms with Crippen LogP contribution < -0.4 is 0 Å². The van der Waals surface area contributed by atoms with Gasteiger partial charge in [0.05, 0.1) is 0 Å². The van der Waals surface area contributed by atoms with E-state index in [4.69, 9.17) is 5.11 Å². The van der Waals surface area contributed by atoms with E-state index in [1.165, 1.54) is 6.07 Å². The number of likely N-dealkylation sites (tertiary alicyclic amines) is 1. The summed E-state index contributed by atoms with van der Waals surface area (Å²) in [5.41, 5.74) is 0.551. The number of rotatable bonds is 4. The van der Waals surface area contributed by atoms with Gasteiger partial charge in [-0.05, 0) is 24.8 Å². The number of hydrogen-bond donors (Lipinski definition) is 1. The van der Waals surface area contributed by atoms with Gasteiger partial charge in [-0.1, -0.05) is 18.2 Å². The van der Waals surface area contributed by atoms with Crippen LogP contribution in [-0.4, -0.2) is 28.6 Å². The largest absolute Gasteiger partial charge is 0.396 e. The van der Waals surface area contributed by atoms with Crippen LogP contribution in [0.3, 0.4) is 0 Å². The second-order valence-electron chi connectivity index (χ2n) is 5.14. The van der Waals surface area contributed by atoms with Crippen LogP contribution in [0.5, 0.6) is 0 Å². The van der Waals surface area contributed by atoms with Crippen LogP contribution in [0.2, 0.25) is 0 Å². The third kappa shape index (κ3) is 1.81. The molecule has 1 saturated heterocycles. The molecule has 4 heteroatoms. The Hall–Kier alpha value is -1.42. The lowest BCUT2D eigenvalue weighted by molar-refractivity contribution is -0.132. The van der Waals surface area contributed by atoms with Crippen molar-refractivity contribution < 1.29 is 14.3 Å². The van der Waals surface area contributed by atoms with Gasteiger partial charge in [-0.15, -0.1) is 0 Å². The summed E-state index contributed by atoms with van der Waals surface area (Å²) in [7, 11) is 0. The first kappa shape index (κ1) is 11.7. The number of aliphatic hydroxyl groups excluding tert-OH is 1. The number of fused-ring (bicyclic) bond motifs is 1. The third-order valence-corrected chi connectivity index (χ3v) is 4.06. The number of nitrogens with zero attached hydrogens (tertiary/aromatic N) is 1. The van der Waals surface area contributed by atoms with E-state index >= 15 is 0 Å². The lowest BCUT2D eigenvalue weighted by Gasteiger charge is -2.27. The maximum Gasteiger partial charge on any atom is 0.226 e. The molecule has 0 aromatic heterocycles. The second-order valence-corrected chi connectivity index (χ2v) is 5.14. The molecule has 1 aliphatic carbocycles. The topological polar surface area (TPSA) is 40.5 Å². The molecular formula is C14H16FNO2. The average Bonchev–Trinajstić information content (AvgIpc) is 3.10. The fourth-order valence-corrected chi connectivity index (χ4v) is 3.04. The van der Waals surface area contributed by atoms with Crippen LogP contribution in [0.25, 0.3) is 0 Å². The molecule has 96 valence electrons. The molecule has 3 nitrogen and oxygen atoms in total. The molecule has 3 atom stereocenters. The van der Waals surface area contributed by atoms with E-state index in [0.717, 1.165) is 6.42 Å². The summed E-state index contributed by atoms with van der Waals surface area (Å²) in [6.45, 7) is 0.401. The molecule has 2 aliphatic rings. The van der Waals surface area contributed by atoms with Crippen molar-refractivity contribution in [2.24, 2.45) is 11.8 Å². The Kier molecular flexibility index (Phi) is 2.82. The van der Waals surface area contributed by atoms with Crippen LogP contribution in [0.4, 0.5) is 4.39 Å². The molecule has 1 heterocycles. The van der Waals surface area contributed by atoms with Crippen LogP contribution >= 0.6 is 0 Å². The van der Waals surface area contributed by atoms with Crippen molar-refractivity contribution in [1.82, 2.24) is 4.90 Å². The number of halogens is 1. The highest BCUT2D eigenvalue weighted by molar-refractivity contribution is 5.85. The van der Waals surface area contributed by atoms with Crippen molar-refractivity contribution in [2.45, 2.75) is 25.4 Å². The number of carbonyl (C=O) groups is 1. The highest BCUT2D eigenvalue weighted by Crippen LogP contribution is 2.51. The Labute approximate surface area is 105 Å². The molecule has 3 rings (SSSR count). The quantitative estimate of drug-likeness (QED) is 0.879. The highest BCUT2D eigenvalue weighted by Gasteiger charge is 2.57. The number of piperidine rings is 1. The zero-order valence-corrected chi connectivity index (χ0v) is 10.1. The fraction of sp³-hybridized carbons (Fsp3) is 0.500. The number of aliphatic hydroxyl groups is 1. The summed E-state index contributed by atoms with van der Waals surface area (Å²) < 4.78 is 13.6. The summed E-state index contributed by atoms with van der Waals surface area (Å²) >= 11 is 0. The predicted octanol–water partition coefficient (Wildman–Crippen LogP) is 1.56. The van der Waals surface area contributed by atoms with Gasteiger partial charge < -0.3 is 10.0 Å². The molecule has 2 fully saturated rings. The first-order valence-corrected chi connectivity index (χ1v) is 6.37. The first-order chi connectivity index (χ1) is 8.72. The minimum Gasteiger partial charge on any atom is -0.396 e. The van der Waals surface area contributed by atoms with Crippen LogP contribution in [0.15, 0.2) is 24.3 Å².